The second-order valence-electron chi connectivity index (χ2n) is 5.42. The van der Waals surface area contributed by atoms with E-state index in [1.165, 1.54) is 0 Å². The van der Waals surface area contributed by atoms with Gasteiger partial charge in [0.25, 0.3) is 11.8 Å². The molecule has 2 aliphatic heterocycles. The SMILES string of the molecule is O=C1CN(CCCCl)CC(=O)N2Cc3ccccc3CN12. The number of benzene rings is 1. The van der Waals surface area contributed by atoms with E-state index in [9.17, 15) is 9.59 Å². The summed E-state index contributed by atoms with van der Waals surface area (Å²) in [5.41, 5.74) is 2.23. The summed E-state index contributed by atoms with van der Waals surface area (Å²) in [5.74, 6) is 0.493. The van der Waals surface area contributed by atoms with Crippen LogP contribution in [0.15, 0.2) is 24.3 Å². The van der Waals surface area contributed by atoms with E-state index in [4.69, 9.17) is 11.6 Å². The summed E-state index contributed by atoms with van der Waals surface area (Å²) in [7, 11) is 0. The standard InChI is InChI=1S/C15H18ClN3O2/c16-6-3-7-17-10-14(20)18-8-12-4-1-2-5-13(12)9-19(18)15(21)11-17/h1-2,4-5H,3,6-11H2. The summed E-state index contributed by atoms with van der Waals surface area (Å²) in [4.78, 5) is 26.8. The minimum Gasteiger partial charge on any atom is -0.285 e. The van der Waals surface area contributed by atoms with Crippen molar-refractivity contribution in [2.45, 2.75) is 19.5 Å². The molecule has 0 N–H and O–H groups in total. The van der Waals surface area contributed by atoms with Crippen LogP contribution in [-0.2, 0) is 22.7 Å². The number of hydrogen-bond donors (Lipinski definition) is 0. The summed E-state index contributed by atoms with van der Waals surface area (Å²) < 4.78 is 0. The Balaban J connectivity index is 1.82. The topological polar surface area (TPSA) is 43.9 Å². The second-order valence-corrected chi connectivity index (χ2v) is 5.80. The number of carbonyl (C=O) groups is 2. The Morgan fingerprint density at radius 1 is 0.905 bits per heavy atom. The van der Waals surface area contributed by atoms with Crippen molar-refractivity contribution in [3.8, 4) is 0 Å². The fourth-order valence-corrected chi connectivity index (χ4v) is 2.97. The first-order chi connectivity index (χ1) is 10.2. The van der Waals surface area contributed by atoms with Gasteiger partial charge in [0.05, 0.1) is 26.2 Å². The first-order valence-corrected chi connectivity index (χ1v) is 7.68. The molecule has 112 valence electrons. The van der Waals surface area contributed by atoms with Crippen LogP contribution < -0.4 is 0 Å². The van der Waals surface area contributed by atoms with Crippen molar-refractivity contribution in [3.63, 3.8) is 0 Å². The van der Waals surface area contributed by atoms with E-state index < -0.39 is 0 Å². The Hall–Kier alpha value is -1.59. The third-order valence-corrected chi connectivity index (χ3v) is 4.22. The molecule has 1 aromatic rings. The van der Waals surface area contributed by atoms with Gasteiger partial charge in [0, 0.05) is 12.4 Å². The number of carbonyl (C=O) groups excluding carboxylic acids is 2. The summed E-state index contributed by atoms with van der Waals surface area (Å²) in [6.07, 6.45) is 0.780. The summed E-state index contributed by atoms with van der Waals surface area (Å²) in [5, 5.41) is 3.18. The van der Waals surface area contributed by atoms with E-state index >= 15 is 0 Å². The Kier molecular flexibility index (Phi) is 4.12. The number of amides is 2. The number of fused-ring (bicyclic) bond motifs is 2. The molecule has 1 fully saturated rings. The first-order valence-electron chi connectivity index (χ1n) is 7.15. The number of halogens is 1. The molecule has 3 rings (SSSR count). The number of hydrazine groups is 1. The van der Waals surface area contributed by atoms with E-state index in [0.717, 1.165) is 17.5 Å². The highest BCUT2D eigenvalue weighted by atomic mass is 35.5. The molecule has 2 amide bonds. The number of alkyl halides is 1. The van der Waals surface area contributed by atoms with Gasteiger partial charge in [0.1, 0.15) is 0 Å². The normalized spacial score (nSPS) is 19.3. The summed E-state index contributed by atoms with van der Waals surface area (Å²) >= 11 is 5.70. The predicted molar refractivity (Wildman–Crippen MR) is 79.3 cm³/mol. The average molecular weight is 308 g/mol. The molecule has 0 unspecified atom stereocenters. The predicted octanol–water partition coefficient (Wildman–Crippen LogP) is 1.22. The molecule has 6 heteroatoms. The average Bonchev–Trinajstić information content (AvgIpc) is 2.61. The molecule has 0 aliphatic carbocycles. The van der Waals surface area contributed by atoms with E-state index in [0.29, 0.717) is 25.5 Å². The monoisotopic (exact) mass is 307 g/mol. The molecular weight excluding hydrogens is 290 g/mol. The molecule has 0 radical (unpaired) electrons. The minimum absolute atomic E-state index is 0.0232. The zero-order chi connectivity index (χ0) is 14.8. The van der Waals surface area contributed by atoms with Crippen molar-refractivity contribution in [2.75, 3.05) is 25.5 Å². The van der Waals surface area contributed by atoms with Gasteiger partial charge in [0.2, 0.25) is 0 Å². The molecular formula is C15H18ClN3O2. The Labute approximate surface area is 129 Å². The molecule has 0 saturated carbocycles. The highest BCUT2D eigenvalue weighted by Crippen LogP contribution is 2.24. The van der Waals surface area contributed by atoms with Crippen molar-refractivity contribution >= 4 is 23.4 Å². The van der Waals surface area contributed by atoms with E-state index in [-0.39, 0.29) is 24.9 Å². The van der Waals surface area contributed by atoms with Gasteiger partial charge in [-0.15, -0.1) is 11.6 Å². The van der Waals surface area contributed by atoms with Crippen molar-refractivity contribution in [1.82, 2.24) is 14.9 Å². The maximum Gasteiger partial charge on any atom is 0.255 e. The highest BCUT2D eigenvalue weighted by Gasteiger charge is 2.35. The Bertz CT molecular complexity index is 519. The maximum atomic E-state index is 12.4. The molecule has 1 aromatic carbocycles. The Morgan fingerprint density at radius 3 is 1.90 bits per heavy atom. The van der Waals surface area contributed by atoms with Gasteiger partial charge in [-0.05, 0) is 17.5 Å². The molecule has 0 bridgehead atoms. The second kappa shape index (κ2) is 6.03. The van der Waals surface area contributed by atoms with Gasteiger partial charge in [-0.2, -0.15) is 0 Å². The molecule has 2 heterocycles. The van der Waals surface area contributed by atoms with Crippen LogP contribution in [0.3, 0.4) is 0 Å². The number of rotatable bonds is 3. The van der Waals surface area contributed by atoms with E-state index in [1.54, 1.807) is 10.0 Å². The fraction of sp³-hybridized carbons (Fsp3) is 0.467. The van der Waals surface area contributed by atoms with Gasteiger partial charge < -0.3 is 0 Å². The summed E-state index contributed by atoms with van der Waals surface area (Å²) in [6.45, 7) is 2.19. The lowest BCUT2D eigenvalue weighted by Crippen LogP contribution is -2.50. The molecule has 0 atom stereocenters. The van der Waals surface area contributed by atoms with Crippen LogP contribution in [0.25, 0.3) is 0 Å². The van der Waals surface area contributed by atoms with Crippen LogP contribution in [0.2, 0.25) is 0 Å². The third kappa shape index (κ3) is 2.89. The van der Waals surface area contributed by atoms with Gasteiger partial charge >= 0.3 is 0 Å². The minimum atomic E-state index is -0.0232. The zero-order valence-corrected chi connectivity index (χ0v) is 12.6. The van der Waals surface area contributed by atoms with Gasteiger partial charge in [-0.1, -0.05) is 24.3 Å². The molecule has 5 nitrogen and oxygen atoms in total. The first kappa shape index (κ1) is 14.4. The van der Waals surface area contributed by atoms with Gasteiger partial charge in [0.15, 0.2) is 0 Å². The maximum absolute atomic E-state index is 12.4. The van der Waals surface area contributed by atoms with Gasteiger partial charge in [-0.25, -0.2) is 10.0 Å². The van der Waals surface area contributed by atoms with Crippen LogP contribution in [0, 0.1) is 0 Å². The molecule has 0 aromatic heterocycles. The van der Waals surface area contributed by atoms with Crippen molar-refractivity contribution in [3.05, 3.63) is 35.4 Å². The number of hydrogen-bond acceptors (Lipinski definition) is 3. The van der Waals surface area contributed by atoms with Crippen LogP contribution in [-0.4, -0.2) is 52.2 Å². The van der Waals surface area contributed by atoms with E-state index in [2.05, 4.69) is 0 Å². The van der Waals surface area contributed by atoms with Crippen LogP contribution in [0.4, 0.5) is 0 Å². The van der Waals surface area contributed by atoms with Crippen molar-refractivity contribution < 1.29 is 9.59 Å². The molecule has 2 aliphatic rings. The van der Waals surface area contributed by atoms with Crippen molar-refractivity contribution in [2.24, 2.45) is 0 Å². The molecule has 21 heavy (non-hydrogen) atoms. The molecule has 0 spiro atoms. The van der Waals surface area contributed by atoms with Crippen LogP contribution in [0.5, 0.6) is 0 Å². The lowest BCUT2D eigenvalue weighted by Gasteiger charge is -2.37. The zero-order valence-electron chi connectivity index (χ0n) is 11.8. The lowest BCUT2D eigenvalue weighted by molar-refractivity contribution is -0.164. The van der Waals surface area contributed by atoms with Crippen LogP contribution >= 0.6 is 11.6 Å². The summed E-state index contributed by atoms with van der Waals surface area (Å²) in [6, 6.07) is 7.96. The van der Waals surface area contributed by atoms with Gasteiger partial charge in [-0.3, -0.25) is 14.5 Å². The van der Waals surface area contributed by atoms with Crippen molar-refractivity contribution in [1.29, 1.82) is 0 Å². The smallest absolute Gasteiger partial charge is 0.255 e. The lowest BCUT2D eigenvalue weighted by atomic mass is 10.1. The molecule has 1 saturated heterocycles. The third-order valence-electron chi connectivity index (χ3n) is 3.95. The van der Waals surface area contributed by atoms with Crippen LogP contribution in [0.1, 0.15) is 17.5 Å². The highest BCUT2D eigenvalue weighted by molar-refractivity contribution is 6.17. The number of nitrogens with zero attached hydrogens (tertiary/aromatic N) is 3. The largest absolute Gasteiger partial charge is 0.285 e. The quantitative estimate of drug-likeness (QED) is 0.789. The van der Waals surface area contributed by atoms with E-state index in [1.807, 2.05) is 29.2 Å². The fourth-order valence-electron chi connectivity index (χ4n) is 2.85. The Morgan fingerprint density at radius 2 is 1.43 bits per heavy atom.